The molecule has 7 nitrogen and oxygen atoms in total. The van der Waals surface area contributed by atoms with Gasteiger partial charge in [0, 0.05) is 17.8 Å². The summed E-state index contributed by atoms with van der Waals surface area (Å²) >= 11 is 0. The predicted molar refractivity (Wildman–Crippen MR) is 88.3 cm³/mol. The maximum Gasteiger partial charge on any atom is 0.254 e. The van der Waals surface area contributed by atoms with Crippen LogP contribution in [-0.4, -0.2) is 38.7 Å². The zero-order chi connectivity index (χ0) is 16.4. The summed E-state index contributed by atoms with van der Waals surface area (Å²) in [5, 5.41) is 16.4. The Morgan fingerprint density at radius 2 is 2.17 bits per heavy atom. The highest BCUT2D eigenvalue weighted by molar-refractivity contribution is 5.97. The second-order valence-electron chi connectivity index (χ2n) is 7.02. The van der Waals surface area contributed by atoms with Crippen molar-refractivity contribution in [2.24, 2.45) is 5.73 Å². The Morgan fingerprint density at radius 1 is 1.39 bits per heavy atom. The molecule has 0 saturated heterocycles. The zero-order valence-corrected chi connectivity index (χ0v) is 13.5. The Balaban J connectivity index is 1.78. The molecule has 126 valence electrons. The lowest BCUT2D eigenvalue weighted by Gasteiger charge is -2.39. The van der Waals surface area contributed by atoms with E-state index in [1.54, 1.807) is 0 Å². The highest BCUT2D eigenvalue weighted by Crippen LogP contribution is 2.34. The third-order valence-corrected chi connectivity index (χ3v) is 4.91. The third kappa shape index (κ3) is 3.72. The quantitative estimate of drug-likeness (QED) is 0.656. The average molecular weight is 319 g/mol. The van der Waals surface area contributed by atoms with Gasteiger partial charge in [0.1, 0.15) is 5.82 Å². The first-order valence-corrected chi connectivity index (χ1v) is 8.35. The number of hydrogen-bond donors (Lipinski definition) is 4. The maximum atomic E-state index is 11.6. The average Bonchev–Trinajstić information content (AvgIpc) is 2.45. The van der Waals surface area contributed by atoms with Crippen LogP contribution in [0.2, 0.25) is 0 Å². The summed E-state index contributed by atoms with van der Waals surface area (Å²) in [6, 6.07) is 0.0962. The van der Waals surface area contributed by atoms with E-state index >= 15 is 0 Å². The van der Waals surface area contributed by atoms with Crippen LogP contribution in [-0.2, 0) is 0 Å². The van der Waals surface area contributed by atoms with Gasteiger partial charge >= 0.3 is 0 Å². The number of aliphatic hydroxyl groups excluding tert-OH is 1. The van der Waals surface area contributed by atoms with Crippen LogP contribution in [0.3, 0.4) is 0 Å². The number of rotatable bonds is 5. The molecule has 0 aromatic carbocycles. The molecule has 7 heteroatoms. The first-order chi connectivity index (χ1) is 11.0. The molecule has 3 rings (SSSR count). The Hall–Kier alpha value is -1.89. The minimum absolute atomic E-state index is 0.0343. The summed E-state index contributed by atoms with van der Waals surface area (Å²) in [6.45, 7) is 2.15. The van der Waals surface area contributed by atoms with E-state index in [4.69, 9.17) is 5.73 Å². The first-order valence-electron chi connectivity index (χ1n) is 8.35. The van der Waals surface area contributed by atoms with E-state index in [-0.39, 0.29) is 23.2 Å². The summed E-state index contributed by atoms with van der Waals surface area (Å²) < 4.78 is 0. The van der Waals surface area contributed by atoms with E-state index in [9.17, 15) is 9.90 Å². The Bertz CT molecular complexity index is 588. The molecule has 2 fully saturated rings. The molecule has 0 unspecified atom stereocenters. The Kier molecular flexibility index (Phi) is 4.39. The van der Waals surface area contributed by atoms with Gasteiger partial charge in [-0.15, -0.1) is 0 Å². The van der Waals surface area contributed by atoms with E-state index < -0.39 is 5.91 Å². The lowest BCUT2D eigenvalue weighted by atomic mass is 9.79. The largest absolute Gasteiger partial charge is 0.393 e. The fourth-order valence-electron chi connectivity index (χ4n) is 3.32. The van der Waals surface area contributed by atoms with E-state index in [1.807, 2.05) is 0 Å². The van der Waals surface area contributed by atoms with Crippen LogP contribution in [0.5, 0.6) is 0 Å². The van der Waals surface area contributed by atoms with E-state index in [2.05, 4.69) is 27.5 Å². The summed E-state index contributed by atoms with van der Waals surface area (Å²) in [7, 11) is 0. The van der Waals surface area contributed by atoms with Gasteiger partial charge in [-0.05, 0) is 51.9 Å². The topological polar surface area (TPSA) is 113 Å². The SMILES string of the molecule is CC1(Nc2ncc(C(N)=O)c(N[C@@H]3CCC[C@H](O)C3)n2)CCC1. The van der Waals surface area contributed by atoms with Crippen molar-refractivity contribution in [1.29, 1.82) is 0 Å². The molecule has 2 aliphatic carbocycles. The number of nitrogens with zero attached hydrogens (tertiary/aromatic N) is 2. The Labute approximate surface area is 136 Å². The smallest absolute Gasteiger partial charge is 0.254 e. The number of aliphatic hydroxyl groups is 1. The summed E-state index contributed by atoms with van der Waals surface area (Å²) in [4.78, 5) is 20.3. The molecule has 23 heavy (non-hydrogen) atoms. The molecular formula is C16H25N5O2. The molecule has 0 bridgehead atoms. The van der Waals surface area contributed by atoms with E-state index in [1.165, 1.54) is 12.6 Å². The molecule has 0 radical (unpaired) electrons. The van der Waals surface area contributed by atoms with Gasteiger partial charge < -0.3 is 21.5 Å². The van der Waals surface area contributed by atoms with Gasteiger partial charge in [-0.2, -0.15) is 4.98 Å². The van der Waals surface area contributed by atoms with Gasteiger partial charge in [-0.25, -0.2) is 4.98 Å². The molecule has 1 heterocycles. The van der Waals surface area contributed by atoms with Gasteiger partial charge in [0.25, 0.3) is 5.91 Å². The van der Waals surface area contributed by atoms with Crippen LogP contribution in [0.15, 0.2) is 6.20 Å². The van der Waals surface area contributed by atoms with Crippen LogP contribution in [0.25, 0.3) is 0 Å². The summed E-state index contributed by atoms with van der Waals surface area (Å²) in [5.41, 5.74) is 5.75. The third-order valence-electron chi connectivity index (χ3n) is 4.91. The minimum Gasteiger partial charge on any atom is -0.393 e. The van der Waals surface area contributed by atoms with Crippen LogP contribution in [0.4, 0.5) is 11.8 Å². The van der Waals surface area contributed by atoms with Crippen molar-refractivity contribution in [1.82, 2.24) is 9.97 Å². The van der Waals surface area contributed by atoms with Crippen molar-refractivity contribution in [2.45, 2.75) is 69.6 Å². The maximum absolute atomic E-state index is 11.6. The highest BCUT2D eigenvalue weighted by Gasteiger charge is 2.32. The predicted octanol–water partition coefficient (Wildman–Crippen LogP) is 1.65. The summed E-state index contributed by atoms with van der Waals surface area (Å²) in [5.74, 6) is 0.415. The van der Waals surface area contributed by atoms with Crippen molar-refractivity contribution in [3.05, 3.63) is 11.8 Å². The highest BCUT2D eigenvalue weighted by atomic mass is 16.3. The second kappa shape index (κ2) is 6.31. The molecular weight excluding hydrogens is 294 g/mol. The molecule has 1 amide bonds. The van der Waals surface area contributed by atoms with Crippen LogP contribution < -0.4 is 16.4 Å². The molecule has 0 spiro atoms. The first kappa shape index (κ1) is 16.0. The van der Waals surface area contributed by atoms with Crippen LogP contribution in [0.1, 0.15) is 62.2 Å². The molecule has 2 atom stereocenters. The van der Waals surface area contributed by atoms with Crippen molar-refractivity contribution in [3.63, 3.8) is 0 Å². The van der Waals surface area contributed by atoms with Crippen molar-refractivity contribution in [3.8, 4) is 0 Å². The van der Waals surface area contributed by atoms with Crippen molar-refractivity contribution >= 4 is 17.7 Å². The molecule has 1 aromatic heterocycles. The van der Waals surface area contributed by atoms with Gasteiger partial charge in [0.05, 0.1) is 11.7 Å². The summed E-state index contributed by atoms with van der Waals surface area (Å²) in [6.07, 6.45) is 7.94. The van der Waals surface area contributed by atoms with E-state index in [0.717, 1.165) is 32.1 Å². The van der Waals surface area contributed by atoms with Gasteiger partial charge in [-0.1, -0.05) is 0 Å². The van der Waals surface area contributed by atoms with E-state index in [0.29, 0.717) is 18.2 Å². The number of primary amides is 1. The zero-order valence-electron chi connectivity index (χ0n) is 13.5. The number of nitrogens with one attached hydrogen (secondary N) is 2. The molecule has 1 aromatic rings. The molecule has 2 aliphatic rings. The number of amides is 1. The lowest BCUT2D eigenvalue weighted by molar-refractivity contribution is 0.100. The number of carbonyl (C=O) groups is 1. The molecule has 5 N–H and O–H groups in total. The fraction of sp³-hybridized carbons (Fsp3) is 0.688. The standard InChI is InChI=1S/C16H25N5O2/c1-16(6-3-7-16)21-15-18-9-12(13(17)23)14(20-15)19-10-4-2-5-11(22)8-10/h9-11,22H,2-8H2,1H3,(H2,17,23)(H2,18,19,20,21)/t10-,11+/m1/s1. The Morgan fingerprint density at radius 3 is 2.78 bits per heavy atom. The van der Waals surface area contributed by atoms with Gasteiger partial charge in [0.2, 0.25) is 5.95 Å². The minimum atomic E-state index is -0.551. The van der Waals surface area contributed by atoms with Crippen LogP contribution >= 0.6 is 0 Å². The normalized spacial score (nSPS) is 26.2. The number of hydrogen-bond acceptors (Lipinski definition) is 6. The molecule has 0 aliphatic heterocycles. The number of anilines is 2. The number of nitrogens with two attached hydrogens (primary N) is 1. The lowest BCUT2D eigenvalue weighted by Crippen LogP contribution is -2.42. The second-order valence-corrected chi connectivity index (χ2v) is 7.02. The number of aromatic nitrogens is 2. The van der Waals surface area contributed by atoms with Gasteiger partial charge in [0.15, 0.2) is 0 Å². The molecule has 2 saturated carbocycles. The number of carbonyl (C=O) groups excluding carboxylic acids is 1. The van der Waals surface area contributed by atoms with Crippen molar-refractivity contribution in [2.75, 3.05) is 10.6 Å². The van der Waals surface area contributed by atoms with Crippen LogP contribution in [0, 0.1) is 0 Å². The monoisotopic (exact) mass is 319 g/mol. The fourth-order valence-corrected chi connectivity index (χ4v) is 3.32. The van der Waals surface area contributed by atoms with Gasteiger partial charge in [-0.3, -0.25) is 4.79 Å². The van der Waals surface area contributed by atoms with Crippen molar-refractivity contribution < 1.29 is 9.90 Å².